The second-order valence-corrected chi connectivity index (χ2v) is 7.78. The van der Waals surface area contributed by atoms with Gasteiger partial charge in [-0.05, 0) is 42.1 Å². The number of rotatable bonds is 6. The SMILES string of the molecule is COc1ccc(CN2CCN(C(=O)Cn3c(C)cc4ccccc43)CC2)cc1OC. The molecule has 1 aliphatic rings. The Morgan fingerprint density at radius 1 is 0.933 bits per heavy atom. The minimum absolute atomic E-state index is 0.185. The van der Waals surface area contributed by atoms with Crippen LogP contribution in [0.3, 0.4) is 0 Å². The van der Waals surface area contributed by atoms with E-state index >= 15 is 0 Å². The Kier molecular flexibility index (Phi) is 5.95. The van der Waals surface area contributed by atoms with E-state index in [1.165, 1.54) is 10.9 Å². The van der Waals surface area contributed by atoms with E-state index in [0.717, 1.165) is 55.4 Å². The molecular formula is C24H29N3O3. The molecule has 1 saturated heterocycles. The van der Waals surface area contributed by atoms with Crippen LogP contribution in [0.15, 0.2) is 48.5 Å². The van der Waals surface area contributed by atoms with Gasteiger partial charge in [0.05, 0.1) is 14.2 Å². The number of aromatic nitrogens is 1. The van der Waals surface area contributed by atoms with Crippen LogP contribution in [0, 0.1) is 6.92 Å². The predicted molar refractivity (Wildman–Crippen MR) is 118 cm³/mol. The van der Waals surface area contributed by atoms with Crippen LogP contribution in [-0.2, 0) is 17.9 Å². The van der Waals surface area contributed by atoms with Crippen LogP contribution in [0.25, 0.3) is 10.9 Å². The molecule has 0 atom stereocenters. The second kappa shape index (κ2) is 8.79. The van der Waals surface area contributed by atoms with Crippen molar-refractivity contribution in [1.82, 2.24) is 14.4 Å². The molecule has 6 nitrogen and oxygen atoms in total. The number of piperazine rings is 1. The molecule has 3 aromatic rings. The van der Waals surface area contributed by atoms with Gasteiger partial charge in [0.15, 0.2) is 11.5 Å². The fourth-order valence-electron chi connectivity index (χ4n) is 4.19. The van der Waals surface area contributed by atoms with E-state index in [4.69, 9.17) is 9.47 Å². The van der Waals surface area contributed by atoms with E-state index in [1.54, 1.807) is 14.2 Å². The second-order valence-electron chi connectivity index (χ2n) is 7.78. The van der Waals surface area contributed by atoms with Crippen molar-refractivity contribution in [2.45, 2.75) is 20.0 Å². The number of nitrogens with zero attached hydrogens (tertiary/aromatic N) is 3. The Balaban J connectivity index is 1.35. The Morgan fingerprint density at radius 3 is 2.40 bits per heavy atom. The summed E-state index contributed by atoms with van der Waals surface area (Å²) < 4.78 is 12.8. The molecule has 0 spiro atoms. The van der Waals surface area contributed by atoms with Gasteiger partial charge in [-0.3, -0.25) is 9.69 Å². The molecular weight excluding hydrogens is 378 g/mol. The summed E-state index contributed by atoms with van der Waals surface area (Å²) in [6.07, 6.45) is 0. The summed E-state index contributed by atoms with van der Waals surface area (Å²) in [4.78, 5) is 17.3. The van der Waals surface area contributed by atoms with Gasteiger partial charge in [-0.2, -0.15) is 0 Å². The number of methoxy groups -OCH3 is 2. The number of fused-ring (bicyclic) bond motifs is 1. The fraction of sp³-hybridized carbons (Fsp3) is 0.375. The van der Waals surface area contributed by atoms with E-state index in [2.05, 4.69) is 40.7 Å². The Labute approximate surface area is 177 Å². The first-order valence-corrected chi connectivity index (χ1v) is 10.3. The van der Waals surface area contributed by atoms with Crippen LogP contribution < -0.4 is 9.47 Å². The van der Waals surface area contributed by atoms with Crippen LogP contribution in [-0.4, -0.2) is 60.7 Å². The largest absolute Gasteiger partial charge is 0.493 e. The van der Waals surface area contributed by atoms with Gasteiger partial charge in [0.1, 0.15) is 6.54 Å². The highest BCUT2D eigenvalue weighted by molar-refractivity contribution is 5.84. The topological polar surface area (TPSA) is 46.9 Å². The molecule has 0 aliphatic carbocycles. The third-order valence-corrected chi connectivity index (χ3v) is 5.89. The monoisotopic (exact) mass is 407 g/mol. The van der Waals surface area contributed by atoms with Gasteiger partial charge in [-0.1, -0.05) is 24.3 Å². The van der Waals surface area contributed by atoms with Crippen LogP contribution >= 0.6 is 0 Å². The molecule has 30 heavy (non-hydrogen) atoms. The lowest BCUT2D eigenvalue weighted by molar-refractivity contribution is -0.133. The minimum atomic E-state index is 0.185. The van der Waals surface area contributed by atoms with Crippen LogP contribution in [0.2, 0.25) is 0 Å². The van der Waals surface area contributed by atoms with Crippen molar-refractivity contribution < 1.29 is 14.3 Å². The Morgan fingerprint density at radius 2 is 1.67 bits per heavy atom. The molecule has 0 bridgehead atoms. The van der Waals surface area contributed by atoms with Crippen molar-refractivity contribution in [3.8, 4) is 11.5 Å². The smallest absolute Gasteiger partial charge is 0.242 e. The van der Waals surface area contributed by atoms with E-state index in [9.17, 15) is 4.79 Å². The van der Waals surface area contributed by atoms with Crippen LogP contribution in [0.5, 0.6) is 11.5 Å². The zero-order valence-electron chi connectivity index (χ0n) is 17.9. The molecule has 1 aliphatic heterocycles. The minimum Gasteiger partial charge on any atom is -0.493 e. The number of carbonyl (C=O) groups excluding carboxylic acids is 1. The molecule has 1 fully saturated rings. The highest BCUT2D eigenvalue weighted by atomic mass is 16.5. The number of carbonyl (C=O) groups is 1. The lowest BCUT2D eigenvalue weighted by Gasteiger charge is -2.35. The van der Waals surface area contributed by atoms with Gasteiger partial charge >= 0.3 is 0 Å². The molecule has 2 aromatic carbocycles. The third kappa shape index (κ3) is 4.14. The number of aryl methyl sites for hydroxylation is 1. The highest BCUT2D eigenvalue weighted by Crippen LogP contribution is 2.28. The van der Waals surface area contributed by atoms with Crippen molar-refractivity contribution in [1.29, 1.82) is 0 Å². The van der Waals surface area contributed by atoms with Gasteiger partial charge in [0, 0.05) is 43.9 Å². The Hall–Kier alpha value is -2.99. The van der Waals surface area contributed by atoms with Crippen molar-refractivity contribution in [3.05, 3.63) is 59.8 Å². The summed E-state index contributed by atoms with van der Waals surface area (Å²) in [5.74, 6) is 1.67. The van der Waals surface area contributed by atoms with Gasteiger partial charge in [0.25, 0.3) is 0 Å². The summed E-state index contributed by atoms with van der Waals surface area (Å²) >= 11 is 0. The lowest BCUT2D eigenvalue weighted by atomic mass is 10.1. The number of amides is 1. The number of ether oxygens (including phenoxy) is 2. The summed E-state index contributed by atoms with van der Waals surface area (Å²) in [6.45, 7) is 6.54. The summed E-state index contributed by atoms with van der Waals surface area (Å²) in [5.41, 5.74) is 3.42. The van der Waals surface area contributed by atoms with E-state index in [1.807, 2.05) is 29.2 Å². The van der Waals surface area contributed by atoms with Gasteiger partial charge < -0.3 is 18.9 Å². The maximum absolute atomic E-state index is 12.9. The Bertz CT molecular complexity index is 1040. The molecule has 2 heterocycles. The van der Waals surface area contributed by atoms with Crippen molar-refractivity contribution in [3.63, 3.8) is 0 Å². The number of benzene rings is 2. The maximum atomic E-state index is 12.9. The van der Waals surface area contributed by atoms with Crippen LogP contribution in [0.4, 0.5) is 0 Å². The van der Waals surface area contributed by atoms with Gasteiger partial charge in [0.2, 0.25) is 5.91 Å². The standard InChI is InChI=1S/C24H29N3O3/c1-18-14-20-6-4-5-7-21(20)27(18)17-24(28)26-12-10-25(11-13-26)16-19-8-9-22(29-2)23(15-19)30-3/h4-9,14-15H,10-13,16-17H2,1-3H3. The predicted octanol–water partition coefficient (Wildman–Crippen LogP) is 3.31. The maximum Gasteiger partial charge on any atom is 0.242 e. The number of hydrogen-bond acceptors (Lipinski definition) is 4. The molecule has 0 unspecified atom stereocenters. The lowest BCUT2D eigenvalue weighted by Crippen LogP contribution is -2.49. The van der Waals surface area contributed by atoms with E-state index < -0.39 is 0 Å². The number of hydrogen-bond donors (Lipinski definition) is 0. The quantitative estimate of drug-likeness (QED) is 0.629. The molecule has 0 N–H and O–H groups in total. The van der Waals surface area contributed by atoms with Gasteiger partial charge in [-0.25, -0.2) is 0 Å². The van der Waals surface area contributed by atoms with Gasteiger partial charge in [-0.15, -0.1) is 0 Å². The third-order valence-electron chi connectivity index (χ3n) is 5.89. The zero-order chi connectivity index (χ0) is 21.1. The van der Waals surface area contributed by atoms with Crippen molar-refractivity contribution >= 4 is 16.8 Å². The normalized spacial score (nSPS) is 14.8. The zero-order valence-corrected chi connectivity index (χ0v) is 17.9. The molecule has 1 aromatic heterocycles. The van der Waals surface area contributed by atoms with E-state index in [-0.39, 0.29) is 5.91 Å². The molecule has 0 saturated carbocycles. The molecule has 0 radical (unpaired) electrons. The highest BCUT2D eigenvalue weighted by Gasteiger charge is 2.22. The summed E-state index contributed by atoms with van der Waals surface area (Å²) in [6, 6.07) is 16.4. The first-order valence-electron chi connectivity index (χ1n) is 10.3. The average Bonchev–Trinajstić information content (AvgIpc) is 3.09. The molecule has 4 rings (SSSR count). The van der Waals surface area contributed by atoms with Crippen molar-refractivity contribution in [2.75, 3.05) is 40.4 Å². The summed E-state index contributed by atoms with van der Waals surface area (Å²) in [7, 11) is 3.30. The average molecular weight is 408 g/mol. The number of para-hydroxylation sites is 1. The van der Waals surface area contributed by atoms with E-state index in [0.29, 0.717) is 6.54 Å². The van der Waals surface area contributed by atoms with Crippen LogP contribution in [0.1, 0.15) is 11.3 Å². The molecule has 158 valence electrons. The fourth-order valence-corrected chi connectivity index (χ4v) is 4.19. The molecule has 1 amide bonds. The molecule has 6 heteroatoms. The van der Waals surface area contributed by atoms with Crippen molar-refractivity contribution in [2.24, 2.45) is 0 Å². The first-order chi connectivity index (χ1) is 14.6. The summed E-state index contributed by atoms with van der Waals surface area (Å²) in [5, 5.41) is 1.18. The first kappa shape index (κ1) is 20.3.